The highest BCUT2D eigenvalue weighted by Crippen LogP contribution is 2.39. The van der Waals surface area contributed by atoms with Crippen molar-refractivity contribution in [3.05, 3.63) is 54.4 Å². The van der Waals surface area contributed by atoms with Gasteiger partial charge in [0.25, 0.3) is 0 Å². The molecule has 18 heavy (non-hydrogen) atoms. The predicted molar refractivity (Wildman–Crippen MR) is 79.3 cm³/mol. The highest BCUT2D eigenvalue weighted by molar-refractivity contribution is 9.10. The monoisotopic (exact) mass is 367 g/mol. The van der Waals surface area contributed by atoms with Crippen LogP contribution in [-0.2, 0) is 0 Å². The maximum absolute atomic E-state index is 13.9. The Morgan fingerprint density at radius 2 is 2.11 bits per heavy atom. The van der Waals surface area contributed by atoms with E-state index in [1.54, 1.807) is 19.2 Å². The van der Waals surface area contributed by atoms with E-state index >= 15 is 0 Å². The lowest BCUT2D eigenvalue weighted by atomic mass is 10.0. The highest BCUT2D eigenvalue weighted by Gasteiger charge is 2.22. The van der Waals surface area contributed by atoms with E-state index in [0.717, 1.165) is 9.35 Å². The normalized spacial score (nSPS) is 12.7. The van der Waals surface area contributed by atoms with Gasteiger partial charge in [0.05, 0.1) is 6.04 Å². The molecule has 0 saturated carbocycles. The van der Waals surface area contributed by atoms with Crippen LogP contribution in [0.25, 0.3) is 0 Å². The van der Waals surface area contributed by atoms with Crippen LogP contribution in [0.5, 0.6) is 0 Å². The van der Waals surface area contributed by atoms with Gasteiger partial charge in [-0.15, -0.1) is 11.3 Å². The second-order valence-corrected chi connectivity index (χ2v) is 6.57. The minimum absolute atomic E-state index is 0.313. The number of hydrogen-bond acceptors (Lipinski definition) is 2. The second kappa shape index (κ2) is 5.88. The van der Waals surface area contributed by atoms with Crippen molar-refractivity contribution < 1.29 is 4.39 Å². The van der Waals surface area contributed by atoms with Crippen molar-refractivity contribution in [1.82, 2.24) is 5.32 Å². The smallest absolute Gasteiger partial charge is 0.129 e. The molecule has 0 spiro atoms. The summed E-state index contributed by atoms with van der Waals surface area (Å²) in [5, 5.41) is 3.46. The molecule has 2 rings (SSSR count). The number of hydrogen-bond donors (Lipinski definition) is 1. The lowest BCUT2D eigenvalue weighted by Gasteiger charge is -2.17. The van der Waals surface area contributed by atoms with Gasteiger partial charge in [0, 0.05) is 19.9 Å². The molecule has 0 aliphatic heterocycles. The Kier molecular flexibility index (Phi) is 4.67. The largest absolute Gasteiger partial charge is 0.309 e. The number of rotatable bonds is 3. The Bertz CT molecular complexity index is 533. The summed E-state index contributed by atoms with van der Waals surface area (Å²) < 4.78 is 15.4. The summed E-state index contributed by atoms with van der Waals surface area (Å²) in [6, 6.07) is 6.22. The molecule has 1 atom stereocenters. The Balaban J connectivity index is 2.52. The summed E-state index contributed by atoms with van der Waals surface area (Å²) >= 11 is 16.8. The summed E-state index contributed by atoms with van der Waals surface area (Å²) in [5.74, 6) is -0.331. The molecule has 2 aromatic rings. The summed E-state index contributed by atoms with van der Waals surface area (Å²) in [4.78, 5) is 0.904. The molecule has 1 aromatic heterocycles. The molecule has 0 radical (unpaired) electrons. The van der Waals surface area contributed by atoms with Gasteiger partial charge in [-0.1, -0.05) is 29.3 Å². The second-order valence-electron chi connectivity index (χ2n) is 3.63. The van der Waals surface area contributed by atoms with Gasteiger partial charge in [0.1, 0.15) is 10.2 Å². The molecule has 0 fully saturated rings. The molecule has 0 aliphatic rings. The Morgan fingerprint density at radius 1 is 1.39 bits per heavy atom. The first kappa shape index (κ1) is 14.3. The summed E-state index contributed by atoms with van der Waals surface area (Å²) in [6.07, 6.45) is 0. The molecule has 0 bridgehead atoms. The van der Waals surface area contributed by atoms with Crippen molar-refractivity contribution >= 4 is 50.5 Å². The van der Waals surface area contributed by atoms with Crippen LogP contribution in [0.1, 0.15) is 16.5 Å². The summed E-state index contributed by atoms with van der Waals surface area (Å²) in [7, 11) is 1.76. The molecule has 0 amide bonds. The van der Waals surface area contributed by atoms with Crippen molar-refractivity contribution in [1.29, 1.82) is 0 Å². The van der Waals surface area contributed by atoms with Gasteiger partial charge < -0.3 is 5.32 Å². The molecule has 0 aliphatic carbocycles. The van der Waals surface area contributed by atoms with Crippen molar-refractivity contribution in [2.75, 3.05) is 7.05 Å². The first-order valence-electron chi connectivity index (χ1n) is 5.10. The van der Waals surface area contributed by atoms with Crippen LogP contribution in [0.4, 0.5) is 4.39 Å². The third kappa shape index (κ3) is 2.73. The minimum atomic E-state index is -0.331. The van der Waals surface area contributed by atoms with Gasteiger partial charge in [-0.25, -0.2) is 4.39 Å². The van der Waals surface area contributed by atoms with Crippen molar-refractivity contribution in [2.24, 2.45) is 0 Å². The molecular weight excluding hydrogens is 360 g/mol. The molecule has 1 aromatic carbocycles. The van der Waals surface area contributed by atoms with Gasteiger partial charge in [-0.05, 0) is 41.2 Å². The van der Waals surface area contributed by atoms with Crippen LogP contribution in [0.3, 0.4) is 0 Å². The van der Waals surface area contributed by atoms with E-state index in [2.05, 4.69) is 21.2 Å². The first-order chi connectivity index (χ1) is 8.54. The van der Waals surface area contributed by atoms with Crippen molar-refractivity contribution in [2.45, 2.75) is 6.04 Å². The molecule has 1 heterocycles. The minimum Gasteiger partial charge on any atom is -0.309 e. The third-order valence-corrected chi connectivity index (χ3v) is 5.39. The van der Waals surface area contributed by atoms with Crippen LogP contribution in [0.15, 0.2) is 28.7 Å². The fraction of sp³-hybridized carbons (Fsp3) is 0.167. The zero-order valence-corrected chi connectivity index (χ0v) is 13.2. The van der Waals surface area contributed by atoms with E-state index in [9.17, 15) is 4.39 Å². The zero-order valence-electron chi connectivity index (χ0n) is 9.31. The van der Waals surface area contributed by atoms with Gasteiger partial charge >= 0.3 is 0 Å². The Labute approximate surface area is 127 Å². The van der Waals surface area contributed by atoms with Gasteiger partial charge in [0.2, 0.25) is 0 Å². The van der Waals surface area contributed by atoms with Gasteiger partial charge in [-0.3, -0.25) is 0 Å². The lowest BCUT2D eigenvalue weighted by molar-refractivity contribution is 0.579. The summed E-state index contributed by atoms with van der Waals surface area (Å²) in [5.41, 5.74) is 0.437. The molecule has 0 saturated heterocycles. The fourth-order valence-electron chi connectivity index (χ4n) is 1.72. The molecule has 6 heteroatoms. The van der Waals surface area contributed by atoms with E-state index in [1.807, 2.05) is 6.07 Å². The van der Waals surface area contributed by atoms with E-state index in [0.29, 0.717) is 14.9 Å². The Morgan fingerprint density at radius 3 is 2.61 bits per heavy atom. The lowest BCUT2D eigenvalue weighted by Crippen LogP contribution is -2.18. The predicted octanol–water partition coefficient (Wildman–Crippen LogP) is 5.27. The average Bonchev–Trinajstić information content (AvgIpc) is 2.64. The standard InChI is InChI=1S/C12H9BrCl2FNS/c1-17-11(9-5-6(13)12(15)18-9)10-7(14)3-2-4-8(10)16/h2-5,11,17H,1H3. The topological polar surface area (TPSA) is 12.0 Å². The van der Waals surface area contributed by atoms with E-state index in [1.165, 1.54) is 17.4 Å². The maximum atomic E-state index is 13.9. The molecule has 1 unspecified atom stereocenters. The zero-order chi connectivity index (χ0) is 13.3. The van der Waals surface area contributed by atoms with Crippen LogP contribution in [0.2, 0.25) is 9.36 Å². The SMILES string of the molecule is CNC(c1cc(Br)c(Cl)s1)c1c(F)cccc1Cl. The quantitative estimate of drug-likeness (QED) is 0.778. The number of thiophene rings is 1. The number of benzene rings is 1. The van der Waals surface area contributed by atoms with Gasteiger partial charge in [-0.2, -0.15) is 0 Å². The van der Waals surface area contributed by atoms with E-state index < -0.39 is 0 Å². The maximum Gasteiger partial charge on any atom is 0.129 e. The van der Waals surface area contributed by atoms with Crippen LogP contribution < -0.4 is 5.32 Å². The van der Waals surface area contributed by atoms with Crippen LogP contribution in [0, 0.1) is 5.82 Å². The third-order valence-electron chi connectivity index (χ3n) is 2.53. The van der Waals surface area contributed by atoms with E-state index in [-0.39, 0.29) is 11.9 Å². The summed E-state index contributed by atoms with van der Waals surface area (Å²) in [6.45, 7) is 0. The number of nitrogens with one attached hydrogen (secondary N) is 1. The van der Waals surface area contributed by atoms with Crippen molar-refractivity contribution in [3.8, 4) is 0 Å². The highest BCUT2D eigenvalue weighted by atomic mass is 79.9. The molecule has 96 valence electrons. The number of halogens is 4. The molecular formula is C12H9BrCl2FNS. The molecule has 1 N–H and O–H groups in total. The van der Waals surface area contributed by atoms with Crippen molar-refractivity contribution in [3.63, 3.8) is 0 Å². The fourth-order valence-corrected chi connectivity index (χ4v) is 3.85. The van der Waals surface area contributed by atoms with Crippen LogP contribution in [-0.4, -0.2) is 7.05 Å². The van der Waals surface area contributed by atoms with E-state index in [4.69, 9.17) is 23.2 Å². The van der Waals surface area contributed by atoms with Crippen LogP contribution >= 0.6 is 50.5 Å². The average molecular weight is 369 g/mol. The Hall–Kier alpha value is -0.130. The molecule has 1 nitrogen and oxygen atoms in total. The first-order valence-corrected chi connectivity index (χ1v) is 7.47. The van der Waals surface area contributed by atoms with Gasteiger partial charge in [0.15, 0.2) is 0 Å².